The summed E-state index contributed by atoms with van der Waals surface area (Å²) in [7, 11) is 0. The Morgan fingerprint density at radius 1 is 0.958 bits per heavy atom. The topological polar surface area (TPSA) is 208 Å². The summed E-state index contributed by atoms with van der Waals surface area (Å²) in [6.45, 7) is 0.209. The number of nitrogens with zero attached hydrogens (tertiary/aromatic N) is 2. The van der Waals surface area contributed by atoms with Gasteiger partial charge in [-0.25, -0.2) is 0 Å². The van der Waals surface area contributed by atoms with E-state index in [0.29, 0.717) is 19.3 Å². The van der Waals surface area contributed by atoms with E-state index < -0.39 is 70.2 Å². The molecule has 7 amide bonds. The van der Waals surface area contributed by atoms with Crippen LogP contribution in [-0.2, 0) is 30.4 Å². The molecule has 0 bridgehead atoms. The van der Waals surface area contributed by atoms with Crippen molar-refractivity contribution in [2.45, 2.75) is 55.9 Å². The maximum absolute atomic E-state index is 14.0. The van der Waals surface area contributed by atoms with Gasteiger partial charge in [0.05, 0.1) is 5.94 Å². The van der Waals surface area contributed by atoms with E-state index in [1.165, 1.54) is 4.90 Å². The predicted octanol–water partition coefficient (Wildman–Crippen LogP) is 0.790. The molecule has 0 aliphatic carbocycles. The number of piperidine rings is 1. The first-order valence-corrected chi connectivity index (χ1v) is 18.5. The summed E-state index contributed by atoms with van der Waals surface area (Å²) >= 11 is 2.65. The fourth-order valence-electron chi connectivity index (χ4n) is 5.92. The number of hydrogen-bond acceptors (Lipinski definition) is 11. The molecule has 2 unspecified atom stereocenters. The van der Waals surface area contributed by atoms with E-state index in [0.717, 1.165) is 56.5 Å². The maximum atomic E-state index is 14.0. The largest absolute Gasteiger partial charge is 0.386 e. The van der Waals surface area contributed by atoms with Gasteiger partial charge in [0.1, 0.15) is 30.2 Å². The Bertz CT molecular complexity index is 1610. The number of carbonyl (C=O) groups excluding carboxylic acids is 7. The number of nitrogens with one attached hydrogen (secondary N) is 3. The quantitative estimate of drug-likeness (QED) is 0.194. The van der Waals surface area contributed by atoms with Crippen LogP contribution < -0.4 is 21.7 Å². The number of primary amides is 1. The molecule has 2 aromatic rings. The van der Waals surface area contributed by atoms with Crippen LogP contribution in [0.25, 0.3) is 10.8 Å². The number of benzene rings is 2. The molecule has 2 aromatic carbocycles. The normalized spacial score (nSPS) is 22.2. The fraction of sp³-hybridized carbons (Fsp3) is 0.452. The molecule has 17 heteroatoms. The predicted molar refractivity (Wildman–Crippen MR) is 183 cm³/mol. The number of likely N-dealkylation sites (tertiary alicyclic amines) is 1. The van der Waals surface area contributed by atoms with Crippen molar-refractivity contribution in [3.63, 3.8) is 0 Å². The molecule has 3 fully saturated rings. The third-order valence-corrected chi connectivity index (χ3v) is 10.9. The number of amides is 7. The van der Waals surface area contributed by atoms with E-state index >= 15 is 0 Å². The first kappa shape index (κ1) is 35.5. The standard InChI is InChI=1S/C31H36N6O8S3/c32-25(39)20(12-17-8-9-18-5-1-2-6-19(18)11-17)33-26(40)23-7-3-4-10-36(23)28(42)21(13-46-16-38)34-27(41)24-15-48-31(45)37(24)29(43)22-14-47-30(44)35-22/h1-2,5-6,8-9,11,20-24,38H,3-4,7,10,12-16H2,(H2,32,39)(H,33,40)(H,34,41)(H,35,44)/t20-,21-,22?,23-,24?/m0/s1. The average Bonchev–Trinajstić information content (AvgIpc) is 3.70. The zero-order chi connectivity index (χ0) is 34.4. The second kappa shape index (κ2) is 16.1. The number of imide groups is 1. The van der Waals surface area contributed by atoms with Crippen molar-refractivity contribution in [3.8, 4) is 0 Å². The van der Waals surface area contributed by atoms with Crippen LogP contribution in [0.15, 0.2) is 42.5 Å². The number of nitrogens with two attached hydrogens (primary N) is 1. The van der Waals surface area contributed by atoms with Crippen molar-refractivity contribution in [1.82, 2.24) is 25.8 Å². The summed E-state index contributed by atoms with van der Waals surface area (Å²) in [5.41, 5.74) is 6.49. The summed E-state index contributed by atoms with van der Waals surface area (Å²) < 4.78 is 0. The summed E-state index contributed by atoms with van der Waals surface area (Å²) in [5, 5.41) is 18.3. The molecule has 3 heterocycles. The highest BCUT2D eigenvalue weighted by Crippen LogP contribution is 2.28. The van der Waals surface area contributed by atoms with Crippen molar-refractivity contribution in [1.29, 1.82) is 0 Å². The number of aliphatic hydroxyl groups excluding tert-OH is 1. The van der Waals surface area contributed by atoms with Crippen LogP contribution in [0, 0.1) is 0 Å². The Hall–Kier alpha value is -3.80. The lowest BCUT2D eigenvalue weighted by molar-refractivity contribution is -0.145. The van der Waals surface area contributed by atoms with Crippen LogP contribution in [0.5, 0.6) is 0 Å². The van der Waals surface area contributed by atoms with Gasteiger partial charge < -0.3 is 31.7 Å². The van der Waals surface area contributed by atoms with Gasteiger partial charge in [-0.1, -0.05) is 66.0 Å². The minimum absolute atomic E-state index is 0.0429. The summed E-state index contributed by atoms with van der Waals surface area (Å²) in [4.78, 5) is 93.1. The highest BCUT2D eigenvalue weighted by molar-refractivity contribution is 8.14. The van der Waals surface area contributed by atoms with Gasteiger partial charge in [0.15, 0.2) is 0 Å². The molecule has 0 aromatic heterocycles. The van der Waals surface area contributed by atoms with Crippen LogP contribution in [0.1, 0.15) is 24.8 Å². The van der Waals surface area contributed by atoms with E-state index in [9.17, 15) is 38.7 Å². The molecular formula is C31H36N6O8S3. The third kappa shape index (κ3) is 8.25. The second-order valence-electron chi connectivity index (χ2n) is 11.5. The third-order valence-electron chi connectivity index (χ3n) is 8.38. The minimum atomic E-state index is -1.22. The number of thioether (sulfide) groups is 3. The zero-order valence-corrected chi connectivity index (χ0v) is 28.2. The number of rotatable bonds is 12. The van der Waals surface area contributed by atoms with E-state index in [1.807, 2.05) is 42.5 Å². The summed E-state index contributed by atoms with van der Waals surface area (Å²) in [6, 6.07) is 8.07. The molecule has 3 aliphatic rings. The van der Waals surface area contributed by atoms with Crippen molar-refractivity contribution < 1.29 is 38.7 Å². The highest BCUT2D eigenvalue weighted by Gasteiger charge is 2.46. The number of carbonyl (C=O) groups is 7. The summed E-state index contributed by atoms with van der Waals surface area (Å²) in [5.74, 6) is -3.65. The van der Waals surface area contributed by atoms with Crippen molar-refractivity contribution in [3.05, 3.63) is 48.0 Å². The molecule has 3 saturated heterocycles. The van der Waals surface area contributed by atoms with Gasteiger partial charge >= 0.3 is 0 Å². The van der Waals surface area contributed by atoms with Gasteiger partial charge in [-0.15, -0.1) is 11.8 Å². The monoisotopic (exact) mass is 716 g/mol. The second-order valence-corrected chi connectivity index (χ2v) is 14.5. The lowest BCUT2D eigenvalue weighted by atomic mass is 9.98. The summed E-state index contributed by atoms with van der Waals surface area (Å²) in [6.07, 6.45) is 1.70. The molecule has 256 valence electrons. The van der Waals surface area contributed by atoms with Crippen molar-refractivity contribution in [2.75, 3.05) is 29.7 Å². The molecular weight excluding hydrogens is 681 g/mol. The number of hydrogen-bond donors (Lipinski definition) is 5. The SMILES string of the molecule is NC(=O)[C@H](Cc1ccc2ccccc2c1)NC(=O)[C@@H]1CCCCN1C(=O)[C@H](CSCO)NC(=O)C1CSC(=O)N1C(=O)C1CSC(=O)N1. The van der Waals surface area contributed by atoms with Gasteiger partial charge in [0, 0.05) is 30.2 Å². The maximum Gasteiger partial charge on any atom is 0.289 e. The Labute approximate surface area is 289 Å². The van der Waals surface area contributed by atoms with Gasteiger partial charge in [-0.3, -0.25) is 38.5 Å². The van der Waals surface area contributed by atoms with E-state index in [2.05, 4.69) is 16.0 Å². The molecule has 0 saturated carbocycles. The lowest BCUT2D eigenvalue weighted by Gasteiger charge is -2.37. The molecule has 14 nitrogen and oxygen atoms in total. The average molecular weight is 717 g/mol. The van der Waals surface area contributed by atoms with Crippen LogP contribution in [0.3, 0.4) is 0 Å². The molecule has 3 aliphatic heterocycles. The first-order chi connectivity index (χ1) is 23.1. The first-order valence-electron chi connectivity index (χ1n) is 15.4. The van der Waals surface area contributed by atoms with Gasteiger partial charge in [-0.05, 0) is 35.6 Å². The number of fused-ring (bicyclic) bond motifs is 1. The Kier molecular flexibility index (Phi) is 11.9. The zero-order valence-electron chi connectivity index (χ0n) is 25.8. The van der Waals surface area contributed by atoms with Gasteiger partial charge in [-0.2, -0.15) is 0 Å². The van der Waals surface area contributed by atoms with Crippen LogP contribution in [0.4, 0.5) is 9.59 Å². The minimum Gasteiger partial charge on any atom is -0.386 e. The fourth-order valence-corrected chi connectivity index (χ4v) is 8.21. The Morgan fingerprint density at radius 3 is 2.40 bits per heavy atom. The van der Waals surface area contributed by atoms with E-state index in [-0.39, 0.29) is 36.2 Å². The number of aliphatic hydroxyl groups is 1. The molecule has 48 heavy (non-hydrogen) atoms. The van der Waals surface area contributed by atoms with E-state index in [1.54, 1.807) is 0 Å². The van der Waals surface area contributed by atoms with Crippen molar-refractivity contribution in [2.24, 2.45) is 5.73 Å². The molecule has 6 N–H and O–H groups in total. The molecule has 5 rings (SSSR count). The van der Waals surface area contributed by atoms with Crippen LogP contribution >= 0.6 is 35.3 Å². The molecule has 5 atom stereocenters. The smallest absolute Gasteiger partial charge is 0.289 e. The lowest BCUT2D eigenvalue weighted by Crippen LogP contribution is -2.61. The molecule has 0 radical (unpaired) electrons. The van der Waals surface area contributed by atoms with Gasteiger partial charge in [0.2, 0.25) is 23.6 Å². The highest BCUT2D eigenvalue weighted by atomic mass is 32.2. The van der Waals surface area contributed by atoms with E-state index in [4.69, 9.17) is 5.73 Å². The van der Waals surface area contributed by atoms with Crippen LogP contribution in [0.2, 0.25) is 0 Å². The molecule has 0 spiro atoms. The van der Waals surface area contributed by atoms with Crippen molar-refractivity contribution >= 4 is 86.1 Å². The Balaban J connectivity index is 1.28. The van der Waals surface area contributed by atoms with Gasteiger partial charge in [0.25, 0.3) is 16.4 Å². The Morgan fingerprint density at radius 2 is 1.69 bits per heavy atom. The van der Waals surface area contributed by atoms with Crippen LogP contribution in [-0.4, -0.2) is 115 Å².